The number of carbonyl (C=O) groups is 1. The van der Waals surface area contributed by atoms with Crippen molar-refractivity contribution in [1.82, 2.24) is 10.6 Å². The summed E-state index contributed by atoms with van der Waals surface area (Å²) in [6.07, 6.45) is -0.0591. The maximum absolute atomic E-state index is 11.9. The Balaban J connectivity index is 0.00000144. The van der Waals surface area contributed by atoms with Crippen molar-refractivity contribution in [2.75, 3.05) is 13.2 Å². The Morgan fingerprint density at radius 2 is 2.53 bits per heavy atom. The molecule has 0 radical (unpaired) electrons. The maximum Gasteiger partial charge on any atom is 0.240 e. The van der Waals surface area contributed by atoms with Crippen molar-refractivity contribution in [3.8, 4) is 0 Å². The summed E-state index contributed by atoms with van der Waals surface area (Å²) in [6, 6.07) is 1.78. The lowest BCUT2D eigenvalue weighted by molar-refractivity contribution is -0.129. The van der Waals surface area contributed by atoms with Crippen molar-refractivity contribution in [2.24, 2.45) is 0 Å². The molecule has 2 N–H and O–H groups in total. The molecular weight excluding hydrogens is 260 g/mol. The number of carbonyl (C=O) groups excluding carboxylic acids is 1. The summed E-state index contributed by atoms with van der Waals surface area (Å²) >= 11 is 1.64. The van der Waals surface area contributed by atoms with Crippen LogP contribution in [0.25, 0.3) is 0 Å². The first kappa shape index (κ1) is 14.4. The van der Waals surface area contributed by atoms with E-state index in [1.165, 1.54) is 0 Å². The standard InChI is InChI=1S/C11H16N2O2S.ClH/c1-8-10(12-3-4-15-8)11(14)13-6-9-2-5-16-7-9;/h2,5,7-8,10,12H,3-4,6H2,1H3,(H,13,14);1H/t8-,10+;/m1./s1. The molecular formula is C11H17ClN2O2S. The van der Waals surface area contributed by atoms with Gasteiger partial charge >= 0.3 is 0 Å². The minimum absolute atomic E-state index is 0. The first-order valence-electron chi connectivity index (χ1n) is 5.41. The fourth-order valence-electron chi connectivity index (χ4n) is 1.72. The highest BCUT2D eigenvalue weighted by molar-refractivity contribution is 7.07. The molecule has 1 saturated heterocycles. The van der Waals surface area contributed by atoms with Crippen LogP contribution in [-0.4, -0.2) is 31.2 Å². The largest absolute Gasteiger partial charge is 0.375 e. The fourth-order valence-corrected chi connectivity index (χ4v) is 2.39. The van der Waals surface area contributed by atoms with Crippen molar-refractivity contribution in [3.63, 3.8) is 0 Å². The van der Waals surface area contributed by atoms with Crippen LogP contribution in [0.4, 0.5) is 0 Å². The van der Waals surface area contributed by atoms with Gasteiger partial charge in [0.25, 0.3) is 0 Å². The van der Waals surface area contributed by atoms with Gasteiger partial charge in [0, 0.05) is 13.1 Å². The third-order valence-electron chi connectivity index (χ3n) is 2.65. The summed E-state index contributed by atoms with van der Waals surface area (Å²) in [5.41, 5.74) is 1.14. The van der Waals surface area contributed by atoms with Crippen molar-refractivity contribution in [1.29, 1.82) is 0 Å². The molecule has 0 spiro atoms. The van der Waals surface area contributed by atoms with E-state index < -0.39 is 0 Å². The molecule has 0 unspecified atom stereocenters. The van der Waals surface area contributed by atoms with Crippen LogP contribution in [0.3, 0.4) is 0 Å². The number of morpholine rings is 1. The van der Waals surface area contributed by atoms with Gasteiger partial charge in [-0.1, -0.05) is 0 Å². The minimum atomic E-state index is -0.229. The average Bonchev–Trinajstić information content (AvgIpc) is 2.79. The first-order valence-corrected chi connectivity index (χ1v) is 6.35. The third kappa shape index (κ3) is 3.96. The molecule has 6 heteroatoms. The second-order valence-corrected chi connectivity index (χ2v) is 4.64. The zero-order valence-electron chi connectivity index (χ0n) is 9.64. The Hall–Kier alpha value is -0.620. The van der Waals surface area contributed by atoms with Crippen LogP contribution in [0.2, 0.25) is 0 Å². The Morgan fingerprint density at radius 1 is 1.71 bits per heavy atom. The average molecular weight is 277 g/mol. The zero-order chi connectivity index (χ0) is 11.4. The van der Waals surface area contributed by atoms with Gasteiger partial charge in [-0.15, -0.1) is 12.4 Å². The second kappa shape index (κ2) is 6.96. The molecule has 17 heavy (non-hydrogen) atoms. The fraction of sp³-hybridized carbons (Fsp3) is 0.545. The Labute approximate surface area is 111 Å². The highest BCUT2D eigenvalue weighted by Crippen LogP contribution is 2.07. The van der Waals surface area contributed by atoms with E-state index >= 15 is 0 Å². The first-order chi connectivity index (χ1) is 7.77. The highest BCUT2D eigenvalue weighted by atomic mass is 35.5. The molecule has 0 saturated carbocycles. The molecule has 2 heterocycles. The summed E-state index contributed by atoms with van der Waals surface area (Å²) in [5.74, 6) is 0.0124. The molecule has 1 amide bonds. The molecule has 1 aliphatic heterocycles. The van der Waals surface area contributed by atoms with Crippen LogP contribution in [0, 0.1) is 0 Å². The molecule has 4 nitrogen and oxygen atoms in total. The second-order valence-electron chi connectivity index (χ2n) is 3.86. The van der Waals surface area contributed by atoms with E-state index in [0.29, 0.717) is 13.2 Å². The van der Waals surface area contributed by atoms with E-state index in [9.17, 15) is 4.79 Å². The number of amides is 1. The molecule has 2 rings (SSSR count). The number of nitrogens with one attached hydrogen (secondary N) is 2. The summed E-state index contributed by atoms with van der Waals surface area (Å²) in [5, 5.41) is 10.1. The number of thiophene rings is 1. The van der Waals surface area contributed by atoms with Crippen LogP contribution >= 0.6 is 23.7 Å². The highest BCUT2D eigenvalue weighted by Gasteiger charge is 2.27. The zero-order valence-corrected chi connectivity index (χ0v) is 11.3. The summed E-state index contributed by atoms with van der Waals surface area (Å²) < 4.78 is 5.43. The van der Waals surface area contributed by atoms with Gasteiger partial charge in [0.1, 0.15) is 6.04 Å². The van der Waals surface area contributed by atoms with Crippen molar-refractivity contribution in [2.45, 2.75) is 25.6 Å². The van der Waals surface area contributed by atoms with Gasteiger partial charge in [-0.2, -0.15) is 11.3 Å². The van der Waals surface area contributed by atoms with E-state index in [4.69, 9.17) is 4.74 Å². The van der Waals surface area contributed by atoms with Crippen LogP contribution in [0.5, 0.6) is 0 Å². The Morgan fingerprint density at radius 3 is 3.18 bits per heavy atom. The van der Waals surface area contributed by atoms with Gasteiger partial charge in [-0.25, -0.2) is 0 Å². The quantitative estimate of drug-likeness (QED) is 0.871. The molecule has 1 fully saturated rings. The summed E-state index contributed by atoms with van der Waals surface area (Å²) in [4.78, 5) is 11.9. The molecule has 1 aliphatic rings. The normalized spacial score (nSPS) is 23.8. The lowest BCUT2D eigenvalue weighted by atomic mass is 10.1. The van der Waals surface area contributed by atoms with Crippen LogP contribution in [0.1, 0.15) is 12.5 Å². The number of halogens is 1. The van der Waals surface area contributed by atoms with Crippen LogP contribution in [-0.2, 0) is 16.1 Å². The summed E-state index contributed by atoms with van der Waals surface area (Å²) in [7, 11) is 0. The number of hydrogen-bond donors (Lipinski definition) is 2. The van der Waals surface area contributed by atoms with Gasteiger partial charge in [0.05, 0.1) is 12.7 Å². The summed E-state index contributed by atoms with van der Waals surface area (Å²) in [6.45, 7) is 3.92. The van der Waals surface area contributed by atoms with Crippen molar-refractivity contribution in [3.05, 3.63) is 22.4 Å². The number of hydrogen-bond acceptors (Lipinski definition) is 4. The Kier molecular flexibility index (Phi) is 5.91. The predicted octanol–water partition coefficient (Wildman–Crippen LogP) is 1.16. The topological polar surface area (TPSA) is 50.4 Å². The van der Waals surface area contributed by atoms with Crippen molar-refractivity contribution < 1.29 is 9.53 Å². The monoisotopic (exact) mass is 276 g/mol. The number of ether oxygens (including phenoxy) is 1. The SMILES string of the molecule is C[C@H]1OCCN[C@@H]1C(=O)NCc1ccsc1.Cl. The van der Waals surface area contributed by atoms with E-state index in [1.807, 2.05) is 23.8 Å². The van der Waals surface area contributed by atoms with E-state index in [-0.39, 0.29) is 30.5 Å². The molecule has 96 valence electrons. The maximum atomic E-state index is 11.9. The lowest BCUT2D eigenvalue weighted by Crippen LogP contribution is -2.55. The molecule has 1 aromatic rings. The smallest absolute Gasteiger partial charge is 0.240 e. The van der Waals surface area contributed by atoms with Crippen LogP contribution < -0.4 is 10.6 Å². The van der Waals surface area contributed by atoms with Crippen molar-refractivity contribution >= 4 is 29.7 Å². The van der Waals surface area contributed by atoms with E-state index in [1.54, 1.807) is 11.3 Å². The molecule has 2 atom stereocenters. The van der Waals surface area contributed by atoms with Gasteiger partial charge < -0.3 is 15.4 Å². The lowest BCUT2D eigenvalue weighted by Gasteiger charge is -2.29. The van der Waals surface area contributed by atoms with E-state index in [0.717, 1.165) is 12.1 Å². The van der Waals surface area contributed by atoms with E-state index in [2.05, 4.69) is 10.6 Å². The third-order valence-corrected chi connectivity index (χ3v) is 3.38. The molecule has 0 aromatic carbocycles. The molecule has 1 aromatic heterocycles. The molecule has 0 aliphatic carbocycles. The van der Waals surface area contributed by atoms with Gasteiger partial charge in [0.15, 0.2) is 0 Å². The minimum Gasteiger partial charge on any atom is -0.375 e. The van der Waals surface area contributed by atoms with Gasteiger partial charge in [-0.05, 0) is 29.3 Å². The van der Waals surface area contributed by atoms with Crippen LogP contribution in [0.15, 0.2) is 16.8 Å². The van der Waals surface area contributed by atoms with Gasteiger partial charge in [-0.3, -0.25) is 4.79 Å². The molecule has 0 bridgehead atoms. The Bertz CT molecular complexity index is 345. The number of rotatable bonds is 3. The van der Waals surface area contributed by atoms with Gasteiger partial charge in [0.2, 0.25) is 5.91 Å². The predicted molar refractivity (Wildman–Crippen MR) is 70.6 cm³/mol.